The molecule has 1 saturated carbocycles. The second kappa shape index (κ2) is 10.5. The minimum Gasteiger partial charge on any atom is -0.406 e. The Morgan fingerprint density at radius 3 is 2.52 bits per heavy atom. The fourth-order valence-electron chi connectivity index (χ4n) is 4.06. The highest BCUT2D eigenvalue weighted by atomic mass is 19.4. The molecular formula is C21H26F5N3O4. The Kier molecular flexibility index (Phi) is 7.98. The van der Waals surface area contributed by atoms with Gasteiger partial charge < -0.3 is 25.0 Å². The number of aliphatic hydroxyl groups is 1. The highest BCUT2D eigenvalue weighted by Crippen LogP contribution is 2.33. The molecule has 0 bridgehead atoms. The zero-order valence-electron chi connectivity index (χ0n) is 17.8. The van der Waals surface area contributed by atoms with Crippen LogP contribution in [0.15, 0.2) is 18.2 Å². The molecule has 184 valence electrons. The Morgan fingerprint density at radius 2 is 1.94 bits per heavy atom. The third kappa shape index (κ3) is 6.92. The van der Waals surface area contributed by atoms with Gasteiger partial charge in [-0.25, -0.2) is 9.18 Å². The lowest BCUT2D eigenvalue weighted by Crippen LogP contribution is -2.57. The first kappa shape index (κ1) is 25.0. The molecule has 0 radical (unpaired) electrons. The Hall–Kier alpha value is -2.63. The molecule has 2 atom stereocenters. The molecular weight excluding hydrogens is 453 g/mol. The molecule has 1 heterocycles. The van der Waals surface area contributed by atoms with Crippen LogP contribution in [0.25, 0.3) is 0 Å². The van der Waals surface area contributed by atoms with Gasteiger partial charge in [-0.15, -0.1) is 13.2 Å². The van der Waals surface area contributed by atoms with E-state index in [2.05, 4.69) is 10.1 Å². The predicted molar refractivity (Wildman–Crippen MR) is 106 cm³/mol. The van der Waals surface area contributed by atoms with Gasteiger partial charge in [0.25, 0.3) is 0 Å². The van der Waals surface area contributed by atoms with Gasteiger partial charge in [0.2, 0.25) is 5.91 Å². The van der Waals surface area contributed by atoms with Gasteiger partial charge in [-0.2, -0.15) is 0 Å². The van der Waals surface area contributed by atoms with Crippen molar-refractivity contribution < 1.29 is 41.4 Å². The molecule has 3 amide bonds. The van der Waals surface area contributed by atoms with Crippen LogP contribution in [0.1, 0.15) is 31.2 Å². The van der Waals surface area contributed by atoms with E-state index in [1.807, 2.05) is 0 Å². The number of piperidine rings is 1. The second-order valence-electron chi connectivity index (χ2n) is 8.27. The summed E-state index contributed by atoms with van der Waals surface area (Å²) in [5.41, 5.74) is -0.0229. The van der Waals surface area contributed by atoms with Gasteiger partial charge in [-0.3, -0.25) is 9.18 Å². The van der Waals surface area contributed by atoms with Crippen molar-refractivity contribution in [3.63, 3.8) is 0 Å². The van der Waals surface area contributed by atoms with E-state index in [0.29, 0.717) is 12.5 Å². The van der Waals surface area contributed by atoms with E-state index in [1.54, 1.807) is 4.90 Å². The summed E-state index contributed by atoms with van der Waals surface area (Å²) in [6.07, 6.45) is -3.25. The zero-order valence-corrected chi connectivity index (χ0v) is 17.8. The number of nitrogens with zero attached hydrogens (tertiary/aromatic N) is 2. The number of ether oxygens (including phenoxy) is 1. The molecule has 1 aromatic rings. The van der Waals surface area contributed by atoms with Crippen molar-refractivity contribution in [1.82, 2.24) is 15.1 Å². The lowest BCUT2D eigenvalue weighted by atomic mass is 9.93. The molecule has 2 fully saturated rings. The maximum Gasteiger partial charge on any atom is 0.573 e. The molecule has 33 heavy (non-hydrogen) atoms. The van der Waals surface area contributed by atoms with E-state index < -0.39 is 36.7 Å². The standard InChI is InChI=1S/C21H26F5N3O4/c22-6-5-19(31)28-10-13(12-30)7-16(11-28)29(15-2-3-15)20(32)27-9-14-1-4-17(8-18(14)23)33-21(24,25)26/h1,4,8,13,15-16,30H,2-3,5-7,9-12H2,(H,27,32)/t13-,16?/m0/s1. The van der Waals surface area contributed by atoms with Gasteiger partial charge in [0, 0.05) is 49.8 Å². The van der Waals surface area contributed by atoms with Crippen LogP contribution >= 0.6 is 0 Å². The van der Waals surface area contributed by atoms with Crippen molar-refractivity contribution in [1.29, 1.82) is 0 Å². The number of rotatable bonds is 8. The number of alkyl halides is 4. The first-order valence-electron chi connectivity index (χ1n) is 10.7. The van der Waals surface area contributed by atoms with Gasteiger partial charge >= 0.3 is 12.4 Å². The maximum absolute atomic E-state index is 14.2. The summed E-state index contributed by atoms with van der Waals surface area (Å²) >= 11 is 0. The van der Waals surface area contributed by atoms with Crippen molar-refractivity contribution in [3.8, 4) is 5.75 Å². The molecule has 0 aromatic heterocycles. The number of likely N-dealkylation sites (tertiary alicyclic amines) is 1. The number of urea groups is 1. The van der Waals surface area contributed by atoms with Crippen LogP contribution in [0.3, 0.4) is 0 Å². The highest BCUT2D eigenvalue weighted by Gasteiger charge is 2.41. The van der Waals surface area contributed by atoms with E-state index in [-0.39, 0.29) is 56.1 Å². The predicted octanol–water partition coefficient (Wildman–Crippen LogP) is 2.97. The van der Waals surface area contributed by atoms with Gasteiger partial charge in [-0.05, 0) is 25.3 Å². The first-order valence-corrected chi connectivity index (χ1v) is 10.7. The SMILES string of the molecule is O=C(CCF)N1CC(N(C(=O)NCc2ccc(OC(F)(F)F)cc2F)C2CC2)C[C@H](CO)C1. The van der Waals surface area contributed by atoms with Crippen LogP contribution < -0.4 is 10.1 Å². The van der Waals surface area contributed by atoms with Crippen LogP contribution in [-0.2, 0) is 11.3 Å². The third-order valence-corrected chi connectivity index (χ3v) is 5.69. The molecule has 12 heteroatoms. The van der Waals surface area contributed by atoms with Gasteiger partial charge in [0.05, 0.1) is 19.1 Å². The second-order valence-corrected chi connectivity index (χ2v) is 8.27. The fourth-order valence-corrected chi connectivity index (χ4v) is 4.06. The number of carbonyl (C=O) groups excluding carboxylic acids is 2. The number of benzene rings is 1. The summed E-state index contributed by atoms with van der Waals surface area (Å²) in [6.45, 7) is -0.760. The molecule has 2 aliphatic rings. The van der Waals surface area contributed by atoms with E-state index in [9.17, 15) is 36.6 Å². The molecule has 0 spiro atoms. The average molecular weight is 479 g/mol. The van der Waals surface area contributed by atoms with Gasteiger partial charge in [0.1, 0.15) is 11.6 Å². The van der Waals surface area contributed by atoms with Gasteiger partial charge in [-0.1, -0.05) is 6.07 Å². The topological polar surface area (TPSA) is 82.1 Å². The van der Waals surface area contributed by atoms with Crippen molar-refractivity contribution in [3.05, 3.63) is 29.6 Å². The Bertz CT molecular complexity index is 850. The summed E-state index contributed by atoms with van der Waals surface area (Å²) in [5.74, 6) is -2.32. The first-order chi connectivity index (χ1) is 15.6. The summed E-state index contributed by atoms with van der Waals surface area (Å²) in [6, 6.07) is 1.66. The van der Waals surface area contributed by atoms with E-state index >= 15 is 0 Å². The van der Waals surface area contributed by atoms with Crippen LogP contribution in [0.5, 0.6) is 5.75 Å². The zero-order chi connectivity index (χ0) is 24.2. The van der Waals surface area contributed by atoms with Crippen LogP contribution in [-0.4, -0.2) is 71.7 Å². The van der Waals surface area contributed by atoms with Crippen LogP contribution in [0.4, 0.5) is 26.7 Å². The number of aliphatic hydroxyl groups excluding tert-OH is 1. The molecule has 7 nitrogen and oxygen atoms in total. The third-order valence-electron chi connectivity index (χ3n) is 5.69. The van der Waals surface area contributed by atoms with Crippen LogP contribution in [0.2, 0.25) is 0 Å². The molecule has 1 saturated heterocycles. The smallest absolute Gasteiger partial charge is 0.406 e. The van der Waals surface area contributed by atoms with Crippen molar-refractivity contribution in [2.75, 3.05) is 26.4 Å². The largest absolute Gasteiger partial charge is 0.573 e. The summed E-state index contributed by atoms with van der Waals surface area (Å²) in [4.78, 5) is 28.2. The van der Waals surface area contributed by atoms with Gasteiger partial charge in [0.15, 0.2) is 0 Å². The number of amides is 3. The van der Waals surface area contributed by atoms with Crippen molar-refractivity contribution in [2.45, 2.75) is 50.7 Å². The van der Waals surface area contributed by atoms with E-state index in [1.165, 1.54) is 4.90 Å². The Morgan fingerprint density at radius 1 is 1.21 bits per heavy atom. The Labute approximate surface area is 187 Å². The number of carbonyl (C=O) groups is 2. The lowest BCUT2D eigenvalue weighted by molar-refractivity contribution is -0.274. The number of halogens is 5. The molecule has 3 rings (SSSR count). The fraction of sp³-hybridized carbons (Fsp3) is 0.619. The van der Waals surface area contributed by atoms with E-state index in [4.69, 9.17) is 0 Å². The van der Waals surface area contributed by atoms with Crippen LogP contribution in [0, 0.1) is 11.7 Å². The lowest BCUT2D eigenvalue weighted by Gasteiger charge is -2.42. The summed E-state index contributed by atoms with van der Waals surface area (Å²) in [7, 11) is 0. The van der Waals surface area contributed by atoms with Crippen molar-refractivity contribution >= 4 is 11.9 Å². The molecule has 1 unspecified atom stereocenters. The number of hydrogen-bond donors (Lipinski definition) is 2. The van der Waals surface area contributed by atoms with E-state index in [0.717, 1.165) is 25.0 Å². The molecule has 1 aliphatic carbocycles. The number of hydrogen-bond acceptors (Lipinski definition) is 4. The maximum atomic E-state index is 14.2. The minimum atomic E-state index is -4.95. The molecule has 2 N–H and O–H groups in total. The molecule has 1 aromatic carbocycles. The minimum absolute atomic E-state index is 0.0229. The normalized spacial score (nSPS) is 21.0. The monoisotopic (exact) mass is 479 g/mol. The van der Waals surface area contributed by atoms with Crippen molar-refractivity contribution in [2.24, 2.45) is 5.92 Å². The average Bonchev–Trinajstić information content (AvgIpc) is 3.57. The number of nitrogens with one attached hydrogen (secondary N) is 1. The molecule has 1 aliphatic heterocycles. The summed E-state index contributed by atoms with van der Waals surface area (Å²) < 4.78 is 67.4. The highest BCUT2D eigenvalue weighted by molar-refractivity contribution is 5.77. The summed E-state index contributed by atoms with van der Waals surface area (Å²) in [5, 5.41) is 12.2. The Balaban J connectivity index is 1.66. The quantitative estimate of drug-likeness (QED) is 0.562.